The van der Waals surface area contributed by atoms with Gasteiger partial charge in [0.15, 0.2) is 5.82 Å². The van der Waals surface area contributed by atoms with Gasteiger partial charge in [-0.3, -0.25) is 4.79 Å². The topological polar surface area (TPSA) is 58.1 Å². The number of nitrogens with zero attached hydrogens (tertiary/aromatic N) is 3. The molecular formula is C21H18Cl2N4O. The standard InChI is InChI=1S/C21H18Cl2N4O/c22-16-10-15(11-17(23)13-16)21(28)24-18-5-3-4-14(12-18)19-6-7-20(26-25-19)27-8-1-2-9-27/h3-7,10-13H,1-2,8-9H2,(H,24,28). The van der Waals surface area contributed by atoms with Gasteiger partial charge in [-0.1, -0.05) is 35.3 Å². The molecule has 2 aromatic carbocycles. The van der Waals surface area contributed by atoms with E-state index in [4.69, 9.17) is 23.2 Å². The number of carbonyl (C=O) groups is 1. The Bertz CT molecular complexity index is 981. The van der Waals surface area contributed by atoms with E-state index < -0.39 is 0 Å². The van der Waals surface area contributed by atoms with Crippen molar-refractivity contribution >= 4 is 40.6 Å². The lowest BCUT2D eigenvalue weighted by molar-refractivity contribution is 0.102. The van der Waals surface area contributed by atoms with Crippen LogP contribution in [0.4, 0.5) is 11.5 Å². The van der Waals surface area contributed by atoms with E-state index in [-0.39, 0.29) is 5.91 Å². The molecule has 0 radical (unpaired) electrons. The van der Waals surface area contributed by atoms with Gasteiger partial charge in [0.1, 0.15) is 0 Å². The molecule has 28 heavy (non-hydrogen) atoms. The molecule has 0 spiro atoms. The molecule has 1 amide bonds. The summed E-state index contributed by atoms with van der Waals surface area (Å²) in [5, 5.41) is 12.4. The van der Waals surface area contributed by atoms with Gasteiger partial charge in [0.05, 0.1) is 5.69 Å². The van der Waals surface area contributed by atoms with Crippen molar-refractivity contribution in [2.24, 2.45) is 0 Å². The number of carbonyl (C=O) groups excluding carboxylic acids is 1. The normalized spacial score (nSPS) is 13.6. The lowest BCUT2D eigenvalue weighted by Gasteiger charge is -2.15. The summed E-state index contributed by atoms with van der Waals surface area (Å²) in [5.74, 6) is 0.626. The molecule has 1 aliphatic heterocycles. The number of amides is 1. The van der Waals surface area contributed by atoms with Crippen LogP contribution in [0.15, 0.2) is 54.6 Å². The van der Waals surface area contributed by atoms with Gasteiger partial charge in [-0.25, -0.2) is 0 Å². The highest BCUT2D eigenvalue weighted by molar-refractivity contribution is 6.35. The summed E-state index contributed by atoms with van der Waals surface area (Å²) in [6, 6.07) is 16.2. The van der Waals surface area contributed by atoms with E-state index in [0.717, 1.165) is 30.2 Å². The molecule has 0 unspecified atom stereocenters. The second kappa shape index (κ2) is 8.17. The first-order valence-electron chi connectivity index (χ1n) is 9.05. The first-order chi connectivity index (χ1) is 13.6. The highest BCUT2D eigenvalue weighted by atomic mass is 35.5. The predicted octanol–water partition coefficient (Wildman–Crippen LogP) is 5.30. The molecular weight excluding hydrogens is 395 g/mol. The van der Waals surface area contributed by atoms with Crippen molar-refractivity contribution in [2.45, 2.75) is 12.8 Å². The summed E-state index contributed by atoms with van der Waals surface area (Å²) < 4.78 is 0. The summed E-state index contributed by atoms with van der Waals surface area (Å²) in [5.41, 5.74) is 2.69. The van der Waals surface area contributed by atoms with Crippen LogP contribution in [-0.2, 0) is 0 Å². The molecule has 5 nitrogen and oxygen atoms in total. The molecule has 1 saturated heterocycles. The van der Waals surface area contributed by atoms with Gasteiger partial charge in [0.2, 0.25) is 0 Å². The van der Waals surface area contributed by atoms with Gasteiger partial charge >= 0.3 is 0 Å². The third-order valence-electron chi connectivity index (χ3n) is 4.62. The number of nitrogens with one attached hydrogen (secondary N) is 1. The molecule has 0 bridgehead atoms. The smallest absolute Gasteiger partial charge is 0.255 e. The number of aromatic nitrogens is 2. The first kappa shape index (κ1) is 18.7. The molecule has 4 rings (SSSR count). The Labute approximate surface area is 173 Å². The van der Waals surface area contributed by atoms with E-state index >= 15 is 0 Å². The Morgan fingerprint density at radius 1 is 0.929 bits per heavy atom. The van der Waals surface area contributed by atoms with Gasteiger partial charge in [0, 0.05) is 39.9 Å². The van der Waals surface area contributed by atoms with E-state index in [1.54, 1.807) is 18.2 Å². The Hall–Kier alpha value is -2.63. The average molecular weight is 413 g/mol. The molecule has 2 heterocycles. The molecule has 142 valence electrons. The fourth-order valence-electron chi connectivity index (χ4n) is 3.24. The molecule has 0 aliphatic carbocycles. The van der Waals surface area contributed by atoms with Crippen LogP contribution in [0.25, 0.3) is 11.3 Å². The van der Waals surface area contributed by atoms with Crippen LogP contribution < -0.4 is 10.2 Å². The lowest BCUT2D eigenvalue weighted by atomic mass is 10.1. The maximum Gasteiger partial charge on any atom is 0.255 e. The van der Waals surface area contributed by atoms with Crippen molar-refractivity contribution in [3.63, 3.8) is 0 Å². The minimum absolute atomic E-state index is 0.281. The molecule has 0 saturated carbocycles. The molecule has 1 fully saturated rings. The summed E-state index contributed by atoms with van der Waals surface area (Å²) in [4.78, 5) is 14.7. The zero-order valence-electron chi connectivity index (χ0n) is 15.0. The average Bonchev–Trinajstić information content (AvgIpc) is 3.22. The predicted molar refractivity (Wildman–Crippen MR) is 113 cm³/mol. The number of halogens is 2. The van der Waals surface area contributed by atoms with Crippen molar-refractivity contribution in [3.05, 3.63) is 70.2 Å². The van der Waals surface area contributed by atoms with Crippen LogP contribution in [0.3, 0.4) is 0 Å². The summed E-state index contributed by atoms with van der Waals surface area (Å²) in [6.07, 6.45) is 2.39. The van der Waals surface area contributed by atoms with Crippen LogP contribution in [0, 0.1) is 0 Å². The second-order valence-electron chi connectivity index (χ2n) is 6.66. The summed E-state index contributed by atoms with van der Waals surface area (Å²) >= 11 is 12.0. The third-order valence-corrected chi connectivity index (χ3v) is 5.06. The van der Waals surface area contributed by atoms with Crippen molar-refractivity contribution in [2.75, 3.05) is 23.3 Å². The van der Waals surface area contributed by atoms with Crippen LogP contribution in [0.1, 0.15) is 23.2 Å². The molecule has 7 heteroatoms. The zero-order chi connectivity index (χ0) is 19.5. The van der Waals surface area contributed by atoms with E-state index in [9.17, 15) is 4.79 Å². The molecule has 1 aromatic heterocycles. The van der Waals surface area contributed by atoms with Gasteiger partial charge in [-0.05, 0) is 55.3 Å². The molecule has 3 aromatic rings. The Balaban J connectivity index is 1.51. The highest BCUT2D eigenvalue weighted by Gasteiger charge is 2.14. The van der Waals surface area contributed by atoms with Crippen LogP contribution in [-0.4, -0.2) is 29.2 Å². The van der Waals surface area contributed by atoms with Crippen molar-refractivity contribution in [3.8, 4) is 11.3 Å². The highest BCUT2D eigenvalue weighted by Crippen LogP contribution is 2.24. The summed E-state index contributed by atoms with van der Waals surface area (Å²) in [7, 11) is 0. The minimum Gasteiger partial charge on any atom is -0.355 e. The van der Waals surface area contributed by atoms with Crippen molar-refractivity contribution < 1.29 is 4.79 Å². The maximum absolute atomic E-state index is 12.5. The zero-order valence-corrected chi connectivity index (χ0v) is 16.5. The minimum atomic E-state index is -0.281. The Morgan fingerprint density at radius 3 is 2.36 bits per heavy atom. The van der Waals surface area contributed by atoms with Crippen molar-refractivity contribution in [1.29, 1.82) is 0 Å². The SMILES string of the molecule is O=C(Nc1cccc(-c2ccc(N3CCCC3)nn2)c1)c1cc(Cl)cc(Cl)c1. The number of anilines is 2. The number of rotatable bonds is 4. The van der Waals surface area contributed by atoms with Crippen LogP contribution in [0.5, 0.6) is 0 Å². The third kappa shape index (κ3) is 4.26. The van der Waals surface area contributed by atoms with E-state index in [1.165, 1.54) is 12.8 Å². The van der Waals surface area contributed by atoms with Gasteiger partial charge in [-0.2, -0.15) is 0 Å². The molecule has 0 atom stereocenters. The van der Waals surface area contributed by atoms with E-state index in [1.807, 2.05) is 36.4 Å². The number of benzene rings is 2. The van der Waals surface area contributed by atoms with Crippen molar-refractivity contribution in [1.82, 2.24) is 10.2 Å². The largest absolute Gasteiger partial charge is 0.355 e. The van der Waals surface area contributed by atoms with E-state index in [0.29, 0.717) is 21.3 Å². The van der Waals surface area contributed by atoms with Crippen LogP contribution >= 0.6 is 23.2 Å². The van der Waals surface area contributed by atoms with Gasteiger partial charge < -0.3 is 10.2 Å². The maximum atomic E-state index is 12.5. The second-order valence-corrected chi connectivity index (χ2v) is 7.54. The number of hydrogen-bond acceptors (Lipinski definition) is 4. The van der Waals surface area contributed by atoms with Gasteiger partial charge in [-0.15, -0.1) is 10.2 Å². The molecule has 1 N–H and O–H groups in total. The number of hydrogen-bond donors (Lipinski definition) is 1. The quantitative estimate of drug-likeness (QED) is 0.631. The monoisotopic (exact) mass is 412 g/mol. The Kier molecular flexibility index (Phi) is 5.46. The fourth-order valence-corrected chi connectivity index (χ4v) is 3.76. The Morgan fingerprint density at radius 2 is 1.68 bits per heavy atom. The van der Waals surface area contributed by atoms with Crippen LogP contribution in [0.2, 0.25) is 10.0 Å². The van der Waals surface area contributed by atoms with E-state index in [2.05, 4.69) is 20.4 Å². The van der Waals surface area contributed by atoms with Gasteiger partial charge in [0.25, 0.3) is 5.91 Å². The molecule has 1 aliphatic rings. The lowest BCUT2D eigenvalue weighted by Crippen LogP contribution is -2.19. The summed E-state index contributed by atoms with van der Waals surface area (Å²) in [6.45, 7) is 2.06. The first-order valence-corrected chi connectivity index (χ1v) is 9.81. The fraction of sp³-hybridized carbons (Fsp3) is 0.190.